The van der Waals surface area contributed by atoms with Gasteiger partial charge in [-0.2, -0.15) is 0 Å². The fraction of sp³-hybridized carbons (Fsp3) is 0.533. The maximum Gasteiger partial charge on any atom is 0.410 e. The van der Waals surface area contributed by atoms with Crippen molar-refractivity contribution in [3.63, 3.8) is 0 Å². The van der Waals surface area contributed by atoms with E-state index in [0.717, 1.165) is 24.4 Å². The van der Waals surface area contributed by atoms with Crippen LogP contribution in [0.1, 0.15) is 32.8 Å². The van der Waals surface area contributed by atoms with Crippen LogP contribution in [0.15, 0.2) is 24.3 Å². The van der Waals surface area contributed by atoms with Crippen molar-refractivity contribution in [2.45, 2.75) is 45.3 Å². The molecule has 1 amide bonds. The molecule has 104 valence electrons. The first-order chi connectivity index (χ1) is 8.85. The molecular formula is C15H20ClNO2. The molecule has 0 radical (unpaired) electrons. The predicted molar refractivity (Wildman–Crippen MR) is 76.5 cm³/mol. The van der Waals surface area contributed by atoms with E-state index in [1.165, 1.54) is 5.56 Å². The molecule has 1 aliphatic heterocycles. The third-order valence-electron chi connectivity index (χ3n) is 3.16. The molecule has 19 heavy (non-hydrogen) atoms. The summed E-state index contributed by atoms with van der Waals surface area (Å²) >= 11 is 5.86. The number of likely N-dealkylation sites (tertiary alicyclic amines) is 1. The minimum absolute atomic E-state index is 0.210. The van der Waals surface area contributed by atoms with Gasteiger partial charge >= 0.3 is 6.09 Å². The Morgan fingerprint density at radius 2 is 2.00 bits per heavy atom. The first-order valence-corrected chi connectivity index (χ1v) is 6.97. The Bertz CT molecular complexity index is 450. The van der Waals surface area contributed by atoms with Gasteiger partial charge in [0.15, 0.2) is 0 Å². The van der Waals surface area contributed by atoms with Gasteiger partial charge in [0, 0.05) is 17.6 Å². The Kier molecular flexibility index (Phi) is 4.04. The van der Waals surface area contributed by atoms with E-state index in [1.807, 2.05) is 45.0 Å². The Balaban J connectivity index is 1.92. The summed E-state index contributed by atoms with van der Waals surface area (Å²) in [6.07, 6.45) is 1.68. The smallest absolute Gasteiger partial charge is 0.410 e. The third kappa shape index (κ3) is 3.87. The zero-order valence-electron chi connectivity index (χ0n) is 11.6. The fourth-order valence-electron chi connectivity index (χ4n) is 2.11. The van der Waals surface area contributed by atoms with Gasteiger partial charge in [0.1, 0.15) is 5.60 Å². The fourth-order valence-corrected chi connectivity index (χ4v) is 2.23. The maximum absolute atomic E-state index is 12.0. The third-order valence-corrected chi connectivity index (χ3v) is 3.41. The monoisotopic (exact) mass is 281 g/mol. The van der Waals surface area contributed by atoms with E-state index in [0.29, 0.717) is 0 Å². The Hall–Kier alpha value is -1.22. The van der Waals surface area contributed by atoms with Crippen molar-refractivity contribution in [1.29, 1.82) is 0 Å². The van der Waals surface area contributed by atoms with Gasteiger partial charge in [0.05, 0.1) is 0 Å². The second kappa shape index (κ2) is 5.41. The van der Waals surface area contributed by atoms with Gasteiger partial charge in [0.2, 0.25) is 0 Å². The van der Waals surface area contributed by atoms with E-state index >= 15 is 0 Å². The lowest BCUT2D eigenvalue weighted by Crippen LogP contribution is -2.53. The Morgan fingerprint density at radius 3 is 2.47 bits per heavy atom. The van der Waals surface area contributed by atoms with Crippen molar-refractivity contribution in [1.82, 2.24) is 4.90 Å². The number of amides is 1. The van der Waals surface area contributed by atoms with Crippen LogP contribution in [0.2, 0.25) is 5.02 Å². The topological polar surface area (TPSA) is 29.5 Å². The number of nitrogens with zero attached hydrogens (tertiary/aromatic N) is 1. The van der Waals surface area contributed by atoms with Gasteiger partial charge in [-0.1, -0.05) is 23.7 Å². The molecule has 3 nitrogen and oxygen atoms in total. The molecule has 1 saturated heterocycles. The molecule has 0 N–H and O–H groups in total. The highest BCUT2D eigenvalue weighted by atomic mass is 35.5. The number of carbonyl (C=O) groups is 1. The van der Waals surface area contributed by atoms with Crippen LogP contribution in [0.25, 0.3) is 0 Å². The van der Waals surface area contributed by atoms with E-state index in [2.05, 4.69) is 0 Å². The standard InChI is InChI=1S/C15H20ClNO2/c1-15(2,3)19-14(18)17-9-8-13(17)10-11-4-6-12(16)7-5-11/h4-7,13H,8-10H2,1-3H3/t13-/m1/s1. The van der Waals surface area contributed by atoms with Crippen LogP contribution in [-0.2, 0) is 11.2 Å². The largest absolute Gasteiger partial charge is 0.444 e. The highest BCUT2D eigenvalue weighted by Crippen LogP contribution is 2.24. The summed E-state index contributed by atoms with van der Waals surface area (Å²) in [5.41, 5.74) is 0.764. The molecule has 0 spiro atoms. The molecule has 0 aliphatic carbocycles. The van der Waals surface area contributed by atoms with Crippen molar-refractivity contribution in [2.24, 2.45) is 0 Å². The lowest BCUT2D eigenvalue weighted by molar-refractivity contribution is -0.00498. The molecule has 1 aromatic carbocycles. The Morgan fingerprint density at radius 1 is 1.37 bits per heavy atom. The lowest BCUT2D eigenvalue weighted by Gasteiger charge is -2.41. The summed E-state index contributed by atoms with van der Waals surface area (Å²) in [6, 6.07) is 8.03. The Labute approximate surface area is 119 Å². The van der Waals surface area contributed by atoms with Gasteiger partial charge < -0.3 is 9.64 Å². The molecule has 0 unspecified atom stereocenters. The number of halogens is 1. The summed E-state index contributed by atoms with van der Waals surface area (Å²) in [4.78, 5) is 13.8. The molecule has 2 rings (SSSR count). The number of ether oxygens (including phenoxy) is 1. The average Bonchev–Trinajstić information content (AvgIpc) is 2.24. The minimum Gasteiger partial charge on any atom is -0.444 e. The van der Waals surface area contributed by atoms with E-state index < -0.39 is 5.60 Å². The molecule has 0 bridgehead atoms. The first-order valence-electron chi connectivity index (χ1n) is 6.59. The summed E-state index contributed by atoms with van der Waals surface area (Å²) < 4.78 is 5.39. The van der Waals surface area contributed by atoms with Crippen LogP contribution in [-0.4, -0.2) is 29.2 Å². The SMILES string of the molecule is CC(C)(C)OC(=O)N1CC[C@@H]1Cc1ccc(Cl)cc1. The normalized spacial score (nSPS) is 18.9. The van der Waals surface area contributed by atoms with Gasteiger partial charge in [-0.25, -0.2) is 4.79 Å². The minimum atomic E-state index is -0.433. The lowest BCUT2D eigenvalue weighted by atomic mass is 9.96. The zero-order chi connectivity index (χ0) is 14.0. The van der Waals surface area contributed by atoms with Gasteiger partial charge in [-0.05, 0) is 51.3 Å². The molecule has 0 aromatic heterocycles. The number of rotatable bonds is 2. The van der Waals surface area contributed by atoms with Crippen molar-refractivity contribution in [3.8, 4) is 0 Å². The zero-order valence-corrected chi connectivity index (χ0v) is 12.4. The first kappa shape index (κ1) is 14.2. The number of hydrogen-bond donors (Lipinski definition) is 0. The van der Waals surface area contributed by atoms with Crippen LogP contribution in [0.3, 0.4) is 0 Å². The van der Waals surface area contributed by atoms with Crippen LogP contribution < -0.4 is 0 Å². The molecule has 1 atom stereocenters. The summed E-state index contributed by atoms with van der Waals surface area (Å²) in [6.45, 7) is 6.45. The maximum atomic E-state index is 12.0. The highest BCUT2D eigenvalue weighted by molar-refractivity contribution is 6.30. The van der Waals surface area contributed by atoms with Gasteiger partial charge in [-0.3, -0.25) is 0 Å². The predicted octanol–water partition coefficient (Wildman–Crippen LogP) is 3.89. The van der Waals surface area contributed by atoms with Crippen molar-refractivity contribution < 1.29 is 9.53 Å². The molecule has 4 heteroatoms. The molecular weight excluding hydrogens is 262 g/mol. The number of carbonyl (C=O) groups excluding carboxylic acids is 1. The summed E-state index contributed by atoms with van der Waals surface area (Å²) in [5, 5.41) is 0.737. The molecule has 1 aliphatic rings. The molecule has 0 saturated carbocycles. The van der Waals surface area contributed by atoms with Crippen LogP contribution in [0, 0.1) is 0 Å². The van der Waals surface area contributed by atoms with Crippen molar-refractivity contribution >= 4 is 17.7 Å². The molecule has 1 heterocycles. The number of benzene rings is 1. The van der Waals surface area contributed by atoms with Crippen LogP contribution in [0.5, 0.6) is 0 Å². The van der Waals surface area contributed by atoms with Gasteiger partial charge in [-0.15, -0.1) is 0 Å². The summed E-state index contributed by atoms with van der Waals surface area (Å²) in [5.74, 6) is 0. The van der Waals surface area contributed by atoms with E-state index in [-0.39, 0.29) is 12.1 Å². The highest BCUT2D eigenvalue weighted by Gasteiger charge is 2.34. The van der Waals surface area contributed by atoms with E-state index in [4.69, 9.17) is 16.3 Å². The van der Waals surface area contributed by atoms with Crippen LogP contribution in [0.4, 0.5) is 4.79 Å². The average molecular weight is 282 g/mol. The second-order valence-corrected chi connectivity index (χ2v) is 6.38. The second-order valence-electron chi connectivity index (χ2n) is 5.95. The van der Waals surface area contributed by atoms with Crippen molar-refractivity contribution in [3.05, 3.63) is 34.9 Å². The molecule has 1 aromatic rings. The summed E-state index contributed by atoms with van der Waals surface area (Å²) in [7, 11) is 0. The quantitative estimate of drug-likeness (QED) is 0.823. The number of hydrogen-bond acceptors (Lipinski definition) is 2. The van der Waals surface area contributed by atoms with Gasteiger partial charge in [0.25, 0.3) is 0 Å². The van der Waals surface area contributed by atoms with E-state index in [9.17, 15) is 4.79 Å². The van der Waals surface area contributed by atoms with Crippen molar-refractivity contribution in [2.75, 3.05) is 6.54 Å². The van der Waals surface area contributed by atoms with Crippen LogP contribution >= 0.6 is 11.6 Å². The van der Waals surface area contributed by atoms with E-state index in [1.54, 1.807) is 4.90 Å². The molecule has 1 fully saturated rings.